The summed E-state index contributed by atoms with van der Waals surface area (Å²) in [5.74, 6) is 0.788. The van der Waals surface area contributed by atoms with E-state index in [9.17, 15) is 4.39 Å². The first-order valence-electron chi connectivity index (χ1n) is 6.75. The van der Waals surface area contributed by atoms with E-state index in [0.29, 0.717) is 6.04 Å². The Bertz CT molecular complexity index is 325. The minimum atomic E-state index is -0.155. The Hall–Kier alpha value is -0.890. The molecule has 1 fully saturated rings. The van der Waals surface area contributed by atoms with Crippen molar-refractivity contribution >= 4 is 0 Å². The molecule has 1 N–H and O–H groups in total. The van der Waals surface area contributed by atoms with Crippen molar-refractivity contribution in [1.29, 1.82) is 0 Å². The van der Waals surface area contributed by atoms with Crippen molar-refractivity contribution in [3.8, 4) is 0 Å². The van der Waals surface area contributed by atoms with E-state index in [4.69, 9.17) is 0 Å². The molecule has 2 rings (SSSR count). The standard InChI is InChI=1S/C15H22FN/c1-2-12-5-9-15(10-6-12)17-11-13-3-7-14(16)8-4-13/h3-4,7-8,12,15,17H,2,5-6,9-11H2,1H3/t12-,15-. The van der Waals surface area contributed by atoms with Gasteiger partial charge in [0.1, 0.15) is 5.82 Å². The molecule has 0 spiro atoms. The maximum Gasteiger partial charge on any atom is 0.123 e. The molecular weight excluding hydrogens is 213 g/mol. The van der Waals surface area contributed by atoms with Crippen LogP contribution in [0, 0.1) is 11.7 Å². The van der Waals surface area contributed by atoms with Crippen LogP contribution in [0.5, 0.6) is 0 Å². The van der Waals surface area contributed by atoms with E-state index >= 15 is 0 Å². The Balaban J connectivity index is 1.74. The first kappa shape index (κ1) is 12.6. The maximum atomic E-state index is 12.7. The quantitative estimate of drug-likeness (QED) is 0.835. The summed E-state index contributed by atoms with van der Waals surface area (Å²) in [5, 5.41) is 3.58. The second-order valence-electron chi connectivity index (χ2n) is 5.13. The van der Waals surface area contributed by atoms with Crippen LogP contribution in [-0.2, 0) is 6.54 Å². The van der Waals surface area contributed by atoms with Crippen molar-refractivity contribution < 1.29 is 4.39 Å². The van der Waals surface area contributed by atoms with Crippen molar-refractivity contribution in [3.05, 3.63) is 35.6 Å². The summed E-state index contributed by atoms with van der Waals surface area (Å²) in [4.78, 5) is 0. The summed E-state index contributed by atoms with van der Waals surface area (Å²) >= 11 is 0. The van der Waals surface area contributed by atoms with E-state index in [0.717, 1.165) is 12.5 Å². The number of halogens is 1. The number of rotatable bonds is 4. The van der Waals surface area contributed by atoms with Crippen LogP contribution in [-0.4, -0.2) is 6.04 Å². The molecule has 0 radical (unpaired) electrons. The fourth-order valence-corrected chi connectivity index (χ4v) is 2.64. The molecule has 94 valence electrons. The summed E-state index contributed by atoms with van der Waals surface area (Å²) in [7, 11) is 0. The van der Waals surface area contributed by atoms with Gasteiger partial charge < -0.3 is 5.32 Å². The molecule has 0 saturated heterocycles. The van der Waals surface area contributed by atoms with Gasteiger partial charge in [-0.3, -0.25) is 0 Å². The van der Waals surface area contributed by atoms with Gasteiger partial charge in [-0.05, 0) is 49.3 Å². The molecule has 0 atom stereocenters. The molecule has 0 unspecified atom stereocenters. The molecule has 1 aromatic rings. The molecule has 0 aliphatic heterocycles. The van der Waals surface area contributed by atoms with Gasteiger partial charge in [0.2, 0.25) is 0 Å². The number of hydrogen-bond donors (Lipinski definition) is 1. The first-order chi connectivity index (χ1) is 8.28. The average Bonchev–Trinajstić information content (AvgIpc) is 2.39. The van der Waals surface area contributed by atoms with Crippen LogP contribution in [0.25, 0.3) is 0 Å². The Morgan fingerprint density at radius 3 is 2.35 bits per heavy atom. The van der Waals surface area contributed by atoms with Gasteiger partial charge in [0.25, 0.3) is 0 Å². The molecule has 17 heavy (non-hydrogen) atoms. The molecule has 0 heterocycles. The van der Waals surface area contributed by atoms with E-state index in [1.807, 2.05) is 12.1 Å². The Kier molecular flexibility index (Phi) is 4.55. The highest BCUT2D eigenvalue weighted by atomic mass is 19.1. The van der Waals surface area contributed by atoms with Crippen molar-refractivity contribution in [2.75, 3.05) is 0 Å². The van der Waals surface area contributed by atoms with Crippen LogP contribution < -0.4 is 5.32 Å². The lowest BCUT2D eigenvalue weighted by atomic mass is 9.84. The highest BCUT2D eigenvalue weighted by molar-refractivity contribution is 5.15. The maximum absolute atomic E-state index is 12.7. The van der Waals surface area contributed by atoms with Gasteiger partial charge in [-0.15, -0.1) is 0 Å². The van der Waals surface area contributed by atoms with Crippen molar-refractivity contribution in [2.45, 2.75) is 51.6 Å². The molecule has 1 aliphatic rings. The molecule has 0 amide bonds. The van der Waals surface area contributed by atoms with Crippen molar-refractivity contribution in [2.24, 2.45) is 5.92 Å². The Morgan fingerprint density at radius 2 is 1.76 bits per heavy atom. The summed E-state index contributed by atoms with van der Waals surface area (Å²) in [6.07, 6.45) is 6.62. The van der Waals surface area contributed by atoms with Gasteiger partial charge in [0, 0.05) is 12.6 Å². The third-order valence-electron chi connectivity index (χ3n) is 3.93. The predicted octanol–water partition coefficient (Wildman–Crippen LogP) is 3.88. The van der Waals surface area contributed by atoms with Crippen molar-refractivity contribution in [1.82, 2.24) is 5.32 Å². The minimum Gasteiger partial charge on any atom is -0.310 e. The smallest absolute Gasteiger partial charge is 0.123 e. The lowest BCUT2D eigenvalue weighted by Gasteiger charge is -2.28. The molecule has 0 aromatic heterocycles. The monoisotopic (exact) mass is 235 g/mol. The van der Waals surface area contributed by atoms with Crippen LogP contribution in [0.2, 0.25) is 0 Å². The van der Waals surface area contributed by atoms with E-state index in [1.165, 1.54) is 49.8 Å². The predicted molar refractivity (Wildman–Crippen MR) is 69.3 cm³/mol. The summed E-state index contributed by atoms with van der Waals surface area (Å²) in [6, 6.07) is 7.44. The third kappa shape index (κ3) is 3.81. The molecule has 1 aliphatic carbocycles. The summed E-state index contributed by atoms with van der Waals surface area (Å²) < 4.78 is 12.7. The van der Waals surface area contributed by atoms with Crippen LogP contribution in [0.15, 0.2) is 24.3 Å². The first-order valence-corrected chi connectivity index (χ1v) is 6.75. The van der Waals surface area contributed by atoms with E-state index in [1.54, 1.807) is 0 Å². The van der Waals surface area contributed by atoms with Gasteiger partial charge in [-0.2, -0.15) is 0 Å². The molecule has 1 saturated carbocycles. The summed E-state index contributed by atoms with van der Waals surface area (Å²) in [5.41, 5.74) is 1.17. The van der Waals surface area contributed by atoms with Crippen LogP contribution >= 0.6 is 0 Å². The second kappa shape index (κ2) is 6.15. The molecule has 1 aromatic carbocycles. The fourth-order valence-electron chi connectivity index (χ4n) is 2.64. The van der Waals surface area contributed by atoms with Crippen LogP contribution in [0.4, 0.5) is 4.39 Å². The van der Waals surface area contributed by atoms with Crippen molar-refractivity contribution in [3.63, 3.8) is 0 Å². The van der Waals surface area contributed by atoms with E-state index in [2.05, 4.69) is 12.2 Å². The SMILES string of the molecule is CC[C@H]1CC[C@H](NCc2ccc(F)cc2)CC1. The largest absolute Gasteiger partial charge is 0.310 e. The zero-order valence-corrected chi connectivity index (χ0v) is 10.6. The van der Waals surface area contributed by atoms with Crippen LogP contribution in [0.1, 0.15) is 44.6 Å². The van der Waals surface area contributed by atoms with Gasteiger partial charge >= 0.3 is 0 Å². The second-order valence-corrected chi connectivity index (χ2v) is 5.13. The lowest BCUT2D eigenvalue weighted by molar-refractivity contribution is 0.285. The molecule has 1 nitrogen and oxygen atoms in total. The van der Waals surface area contributed by atoms with Crippen LogP contribution in [0.3, 0.4) is 0 Å². The lowest BCUT2D eigenvalue weighted by Crippen LogP contribution is -2.32. The van der Waals surface area contributed by atoms with Gasteiger partial charge in [-0.1, -0.05) is 25.5 Å². The average molecular weight is 235 g/mol. The fraction of sp³-hybridized carbons (Fsp3) is 0.600. The topological polar surface area (TPSA) is 12.0 Å². The van der Waals surface area contributed by atoms with E-state index < -0.39 is 0 Å². The van der Waals surface area contributed by atoms with E-state index in [-0.39, 0.29) is 5.82 Å². The zero-order chi connectivity index (χ0) is 12.1. The van der Waals surface area contributed by atoms with Gasteiger partial charge in [0.05, 0.1) is 0 Å². The molecule has 2 heteroatoms. The Morgan fingerprint density at radius 1 is 1.12 bits per heavy atom. The highest BCUT2D eigenvalue weighted by Crippen LogP contribution is 2.26. The Labute approximate surface area is 103 Å². The summed E-state index contributed by atoms with van der Waals surface area (Å²) in [6.45, 7) is 3.15. The van der Waals surface area contributed by atoms with Gasteiger partial charge in [-0.25, -0.2) is 4.39 Å². The third-order valence-corrected chi connectivity index (χ3v) is 3.93. The molecule has 0 bridgehead atoms. The highest BCUT2D eigenvalue weighted by Gasteiger charge is 2.19. The minimum absolute atomic E-state index is 0.155. The number of nitrogens with one attached hydrogen (secondary N) is 1. The zero-order valence-electron chi connectivity index (χ0n) is 10.6. The number of hydrogen-bond acceptors (Lipinski definition) is 1. The van der Waals surface area contributed by atoms with Gasteiger partial charge in [0.15, 0.2) is 0 Å². The normalized spacial score (nSPS) is 24.8. The molecular formula is C15H22FN. The number of benzene rings is 1.